The number of aryl methyl sites for hydroxylation is 1. The fourth-order valence-corrected chi connectivity index (χ4v) is 8.87. The number of benzene rings is 3. The summed E-state index contributed by atoms with van der Waals surface area (Å²) in [6.07, 6.45) is 6.25. The molecule has 2 unspecified atom stereocenters. The van der Waals surface area contributed by atoms with Crippen LogP contribution in [0.5, 0.6) is 0 Å². The Morgan fingerprint density at radius 2 is 1.42 bits per heavy atom. The van der Waals surface area contributed by atoms with Gasteiger partial charge in [-0.3, -0.25) is 9.59 Å². The van der Waals surface area contributed by atoms with E-state index in [1.165, 1.54) is 5.56 Å². The first-order valence-electron chi connectivity index (χ1n) is 19.4. The topological polar surface area (TPSA) is 126 Å². The molecule has 3 N–H and O–H groups in total. The molecule has 1 heterocycles. The minimum Gasteiger partial charge on any atom is -0.449 e. The number of nitrogens with one attached hydrogen (secondary N) is 3. The molecule has 0 radical (unpaired) electrons. The Labute approximate surface area is 312 Å². The lowest BCUT2D eigenvalue weighted by atomic mass is 9.83. The van der Waals surface area contributed by atoms with E-state index in [0.29, 0.717) is 0 Å². The number of rotatable bonds is 8. The molecular formula is C43H52N4O6. The number of nitrogens with zero attached hydrogens (tertiary/aromatic N) is 1. The highest BCUT2D eigenvalue weighted by Gasteiger charge is 2.45. The number of carbonyl (C=O) groups is 4. The summed E-state index contributed by atoms with van der Waals surface area (Å²) in [7, 11) is 0. The molecule has 2 fully saturated rings. The van der Waals surface area contributed by atoms with Crippen LogP contribution >= 0.6 is 0 Å². The van der Waals surface area contributed by atoms with Gasteiger partial charge in [-0.05, 0) is 98.6 Å². The molecule has 10 heteroatoms. The Hall–Kier alpha value is -4.86. The van der Waals surface area contributed by atoms with Crippen molar-refractivity contribution in [3.05, 3.63) is 95.1 Å². The van der Waals surface area contributed by atoms with Crippen LogP contribution in [-0.2, 0) is 25.5 Å². The van der Waals surface area contributed by atoms with Gasteiger partial charge in [0.2, 0.25) is 11.8 Å². The van der Waals surface area contributed by atoms with Crippen molar-refractivity contribution in [2.75, 3.05) is 13.2 Å². The average Bonchev–Trinajstić information content (AvgIpc) is 3.72. The van der Waals surface area contributed by atoms with Crippen LogP contribution in [-0.4, -0.2) is 65.8 Å². The number of ether oxygens (including phenoxy) is 2. The van der Waals surface area contributed by atoms with E-state index in [-0.39, 0.29) is 49.3 Å². The molecule has 3 aromatic carbocycles. The summed E-state index contributed by atoms with van der Waals surface area (Å²) >= 11 is 0. The number of fused-ring (bicyclic) bond motifs is 4. The van der Waals surface area contributed by atoms with Gasteiger partial charge in [-0.25, -0.2) is 9.59 Å². The van der Waals surface area contributed by atoms with E-state index in [2.05, 4.69) is 52.3 Å². The quantitative estimate of drug-likeness (QED) is 0.227. The van der Waals surface area contributed by atoms with Gasteiger partial charge in [-0.2, -0.15) is 0 Å². The van der Waals surface area contributed by atoms with Gasteiger partial charge in [0, 0.05) is 12.5 Å². The number of carbonyl (C=O) groups excluding carboxylic acids is 4. The second-order valence-electron chi connectivity index (χ2n) is 16.1. The first-order chi connectivity index (χ1) is 25.6. The molecule has 1 aliphatic heterocycles. The highest BCUT2D eigenvalue weighted by Crippen LogP contribution is 2.44. The molecule has 280 valence electrons. The third-order valence-corrected chi connectivity index (χ3v) is 11.3. The lowest BCUT2D eigenvalue weighted by molar-refractivity contribution is -0.141. The average molecular weight is 721 g/mol. The van der Waals surface area contributed by atoms with Crippen molar-refractivity contribution >= 4 is 24.0 Å². The third kappa shape index (κ3) is 8.21. The van der Waals surface area contributed by atoms with Gasteiger partial charge in [-0.15, -0.1) is 0 Å². The monoisotopic (exact) mass is 720 g/mol. The van der Waals surface area contributed by atoms with Crippen LogP contribution in [0.4, 0.5) is 9.59 Å². The first-order valence-corrected chi connectivity index (χ1v) is 19.4. The van der Waals surface area contributed by atoms with Crippen molar-refractivity contribution in [1.29, 1.82) is 0 Å². The maximum Gasteiger partial charge on any atom is 0.408 e. The zero-order valence-electron chi connectivity index (χ0n) is 31.1. The summed E-state index contributed by atoms with van der Waals surface area (Å²) < 4.78 is 11.5. The molecule has 7 rings (SSSR count). The Balaban J connectivity index is 1.09. The number of alkyl carbamates (subject to hydrolysis) is 2. The van der Waals surface area contributed by atoms with E-state index in [0.717, 1.165) is 79.2 Å². The van der Waals surface area contributed by atoms with Gasteiger partial charge in [0.05, 0.1) is 12.1 Å². The van der Waals surface area contributed by atoms with E-state index in [4.69, 9.17) is 9.47 Å². The van der Waals surface area contributed by atoms with E-state index in [9.17, 15) is 19.2 Å². The summed E-state index contributed by atoms with van der Waals surface area (Å²) in [5.74, 6) is -0.783. The maximum absolute atomic E-state index is 14.6. The van der Waals surface area contributed by atoms with Crippen molar-refractivity contribution in [2.24, 2.45) is 5.92 Å². The Kier molecular flexibility index (Phi) is 10.8. The normalized spacial score (nSPS) is 21.8. The molecule has 4 atom stereocenters. The summed E-state index contributed by atoms with van der Waals surface area (Å²) in [5.41, 5.74) is 6.10. The molecule has 53 heavy (non-hydrogen) atoms. The Morgan fingerprint density at radius 1 is 0.774 bits per heavy atom. The van der Waals surface area contributed by atoms with Gasteiger partial charge >= 0.3 is 12.2 Å². The lowest BCUT2D eigenvalue weighted by Gasteiger charge is -2.35. The van der Waals surface area contributed by atoms with E-state index >= 15 is 0 Å². The van der Waals surface area contributed by atoms with Crippen molar-refractivity contribution in [3.63, 3.8) is 0 Å². The summed E-state index contributed by atoms with van der Waals surface area (Å²) in [5, 5.41) is 9.14. The van der Waals surface area contributed by atoms with Crippen LogP contribution in [0.2, 0.25) is 0 Å². The molecule has 1 saturated heterocycles. The van der Waals surface area contributed by atoms with Crippen molar-refractivity contribution < 1.29 is 28.7 Å². The molecule has 4 amide bonds. The molecular weight excluding hydrogens is 668 g/mol. The molecule has 3 aliphatic carbocycles. The molecule has 0 aromatic heterocycles. The predicted octanol–water partition coefficient (Wildman–Crippen LogP) is 7.16. The highest BCUT2D eigenvalue weighted by atomic mass is 16.6. The summed E-state index contributed by atoms with van der Waals surface area (Å²) in [6, 6.07) is 22.1. The van der Waals surface area contributed by atoms with Crippen LogP contribution in [0.25, 0.3) is 11.1 Å². The first kappa shape index (κ1) is 36.5. The van der Waals surface area contributed by atoms with E-state index in [1.54, 1.807) is 25.7 Å². The standard InChI is InChI=1S/C43H52N4O6/c1-43(2,3)53-42(51)46-38(28-15-5-4-6-16-28)40(49)47-25-29(24-37(47)39(48)45-36-23-13-17-27-14-7-8-18-30(27)36)44-41(50)52-26-35-33-21-11-9-19-31(33)32-20-10-12-22-34(32)35/h7-12,14,18-22,28-29,35-38H,4-6,13,15-17,23-26H2,1-3H3,(H,44,50)(H,45,48)(H,46,51)/t29-,36?,37-,38?/m0/s1. The Bertz CT molecular complexity index is 1790. The van der Waals surface area contributed by atoms with Crippen LogP contribution in [0, 0.1) is 5.92 Å². The van der Waals surface area contributed by atoms with Crippen molar-refractivity contribution in [3.8, 4) is 11.1 Å². The molecule has 3 aromatic rings. The zero-order chi connectivity index (χ0) is 37.1. The molecule has 0 spiro atoms. The van der Waals surface area contributed by atoms with Gasteiger partial charge in [0.15, 0.2) is 0 Å². The second kappa shape index (κ2) is 15.6. The molecule has 10 nitrogen and oxygen atoms in total. The number of likely N-dealkylation sites (tertiary alicyclic amines) is 1. The largest absolute Gasteiger partial charge is 0.449 e. The minimum atomic E-state index is -0.857. The summed E-state index contributed by atoms with van der Waals surface area (Å²) in [4.78, 5) is 57.0. The molecule has 4 aliphatic rings. The Morgan fingerprint density at radius 3 is 2.09 bits per heavy atom. The van der Waals surface area contributed by atoms with Crippen LogP contribution in [0.3, 0.4) is 0 Å². The number of hydrogen-bond donors (Lipinski definition) is 3. The van der Waals surface area contributed by atoms with Crippen LogP contribution < -0.4 is 16.0 Å². The molecule has 0 bridgehead atoms. The highest BCUT2D eigenvalue weighted by molar-refractivity contribution is 5.92. The maximum atomic E-state index is 14.6. The van der Waals surface area contributed by atoms with Gasteiger partial charge in [-0.1, -0.05) is 92.1 Å². The third-order valence-electron chi connectivity index (χ3n) is 11.3. The zero-order valence-corrected chi connectivity index (χ0v) is 31.1. The number of hydrogen-bond acceptors (Lipinski definition) is 6. The number of amides is 4. The van der Waals surface area contributed by atoms with E-state index in [1.807, 2.05) is 36.4 Å². The summed E-state index contributed by atoms with van der Waals surface area (Å²) in [6.45, 7) is 5.63. The smallest absolute Gasteiger partial charge is 0.408 e. The minimum absolute atomic E-state index is 0.0909. The van der Waals surface area contributed by atoms with Gasteiger partial charge in [0.1, 0.15) is 24.3 Å². The van der Waals surface area contributed by atoms with Crippen LogP contribution in [0.15, 0.2) is 72.8 Å². The molecule has 1 saturated carbocycles. The predicted molar refractivity (Wildman–Crippen MR) is 202 cm³/mol. The van der Waals surface area contributed by atoms with E-state index < -0.39 is 35.9 Å². The SMILES string of the molecule is CC(C)(C)OC(=O)NC(C(=O)N1C[C@@H](NC(=O)OCC2c3ccccc3-c3ccccc32)C[C@H]1C(=O)NC1CCCc2ccccc21)C1CCCCC1. The second-order valence-corrected chi connectivity index (χ2v) is 16.1. The van der Waals surface area contributed by atoms with Gasteiger partial charge in [0.25, 0.3) is 0 Å². The fourth-order valence-electron chi connectivity index (χ4n) is 8.87. The fraction of sp³-hybridized carbons (Fsp3) is 0.488. The van der Waals surface area contributed by atoms with Crippen LogP contribution in [0.1, 0.15) is 106 Å². The van der Waals surface area contributed by atoms with Gasteiger partial charge < -0.3 is 30.3 Å². The van der Waals surface area contributed by atoms with Crippen molar-refractivity contribution in [2.45, 2.75) is 114 Å². The lowest BCUT2D eigenvalue weighted by Crippen LogP contribution is -2.57. The van der Waals surface area contributed by atoms with Crippen molar-refractivity contribution in [1.82, 2.24) is 20.9 Å².